The number of ether oxygens (including phenoxy) is 3. The number of aliphatic hydroxyl groups is 2. The lowest BCUT2D eigenvalue weighted by Crippen LogP contribution is -2.29. The van der Waals surface area contributed by atoms with E-state index in [1.165, 1.54) is 25.2 Å². The molecular weight excluding hydrogens is 408 g/mol. The van der Waals surface area contributed by atoms with Crippen molar-refractivity contribution in [1.29, 1.82) is 0 Å². The molecule has 6 atom stereocenters. The molecule has 1 aromatic rings. The highest BCUT2D eigenvalue weighted by atomic mass is 16.6. The SMILES string of the molecule is CCCCC[C@@H](O)CC[C@@H]1[C@H]2Cc3cccc(OCC(O)OC)c3C[C@H]2C[C@H]1OC(C)=O. The van der Waals surface area contributed by atoms with Crippen molar-refractivity contribution in [3.63, 3.8) is 0 Å². The van der Waals surface area contributed by atoms with Crippen molar-refractivity contribution in [3.05, 3.63) is 29.3 Å². The van der Waals surface area contributed by atoms with Gasteiger partial charge in [-0.05, 0) is 73.5 Å². The summed E-state index contributed by atoms with van der Waals surface area (Å²) in [6.07, 6.45) is 7.24. The molecule has 2 aliphatic carbocycles. The fraction of sp³-hybridized carbons (Fsp3) is 0.731. The largest absolute Gasteiger partial charge is 0.488 e. The van der Waals surface area contributed by atoms with Crippen LogP contribution in [0, 0.1) is 17.8 Å². The number of rotatable bonds is 12. The molecule has 0 aliphatic heterocycles. The summed E-state index contributed by atoms with van der Waals surface area (Å²) in [6.45, 7) is 3.75. The monoisotopic (exact) mass is 448 g/mol. The second-order valence-corrected chi connectivity index (χ2v) is 9.50. The van der Waals surface area contributed by atoms with Crippen LogP contribution in [-0.4, -0.2) is 48.4 Å². The van der Waals surface area contributed by atoms with Crippen LogP contribution in [-0.2, 0) is 27.1 Å². The van der Waals surface area contributed by atoms with Crippen LogP contribution < -0.4 is 4.74 Å². The quantitative estimate of drug-likeness (QED) is 0.285. The minimum atomic E-state index is -0.949. The highest BCUT2D eigenvalue weighted by molar-refractivity contribution is 5.66. The Kier molecular flexibility index (Phi) is 9.38. The maximum Gasteiger partial charge on any atom is 0.302 e. The van der Waals surface area contributed by atoms with Crippen molar-refractivity contribution in [1.82, 2.24) is 0 Å². The highest BCUT2D eigenvalue weighted by Crippen LogP contribution is 2.49. The molecule has 1 aromatic carbocycles. The third-order valence-corrected chi connectivity index (χ3v) is 7.26. The molecule has 0 spiro atoms. The summed E-state index contributed by atoms with van der Waals surface area (Å²) in [5.74, 6) is 1.71. The number of methoxy groups -OCH3 is 1. The molecule has 32 heavy (non-hydrogen) atoms. The first-order valence-corrected chi connectivity index (χ1v) is 12.2. The number of aliphatic hydroxyl groups excluding tert-OH is 2. The number of fused-ring (bicyclic) bond motifs is 2. The van der Waals surface area contributed by atoms with E-state index in [9.17, 15) is 15.0 Å². The van der Waals surface area contributed by atoms with Crippen LogP contribution in [0.5, 0.6) is 5.75 Å². The van der Waals surface area contributed by atoms with E-state index in [4.69, 9.17) is 14.2 Å². The van der Waals surface area contributed by atoms with Gasteiger partial charge in [0, 0.05) is 14.0 Å². The van der Waals surface area contributed by atoms with Crippen LogP contribution in [0.1, 0.15) is 69.9 Å². The maximum absolute atomic E-state index is 11.8. The Balaban J connectivity index is 1.70. The third-order valence-electron chi connectivity index (χ3n) is 7.26. The summed E-state index contributed by atoms with van der Waals surface area (Å²) in [5, 5.41) is 20.1. The molecule has 0 amide bonds. The molecule has 6 nitrogen and oxygen atoms in total. The van der Waals surface area contributed by atoms with Gasteiger partial charge in [0.2, 0.25) is 0 Å². The van der Waals surface area contributed by atoms with E-state index in [1.54, 1.807) is 0 Å². The summed E-state index contributed by atoms with van der Waals surface area (Å²) >= 11 is 0. The van der Waals surface area contributed by atoms with E-state index in [-0.39, 0.29) is 30.7 Å². The summed E-state index contributed by atoms with van der Waals surface area (Å²) in [4.78, 5) is 11.8. The summed E-state index contributed by atoms with van der Waals surface area (Å²) in [5.41, 5.74) is 2.46. The third kappa shape index (κ3) is 6.46. The number of hydrogen-bond acceptors (Lipinski definition) is 6. The van der Waals surface area contributed by atoms with Gasteiger partial charge in [-0.3, -0.25) is 4.79 Å². The zero-order chi connectivity index (χ0) is 23.1. The van der Waals surface area contributed by atoms with Crippen LogP contribution in [0.15, 0.2) is 18.2 Å². The molecule has 3 rings (SSSR count). The van der Waals surface area contributed by atoms with Gasteiger partial charge in [-0.15, -0.1) is 0 Å². The first-order chi connectivity index (χ1) is 15.4. The van der Waals surface area contributed by atoms with Crippen molar-refractivity contribution in [2.45, 2.75) is 90.1 Å². The van der Waals surface area contributed by atoms with E-state index < -0.39 is 6.29 Å². The van der Waals surface area contributed by atoms with Crippen LogP contribution in [0.4, 0.5) is 0 Å². The number of hydrogen-bond donors (Lipinski definition) is 2. The van der Waals surface area contributed by atoms with Crippen molar-refractivity contribution in [3.8, 4) is 5.75 Å². The van der Waals surface area contributed by atoms with Crippen molar-refractivity contribution in [2.75, 3.05) is 13.7 Å². The minimum Gasteiger partial charge on any atom is -0.488 e. The number of unbranched alkanes of at least 4 members (excludes halogenated alkanes) is 2. The van der Waals surface area contributed by atoms with Gasteiger partial charge in [0.05, 0.1) is 6.10 Å². The number of esters is 1. The predicted molar refractivity (Wildman–Crippen MR) is 122 cm³/mol. The summed E-state index contributed by atoms with van der Waals surface area (Å²) in [7, 11) is 1.45. The van der Waals surface area contributed by atoms with Gasteiger partial charge >= 0.3 is 5.97 Å². The van der Waals surface area contributed by atoms with E-state index in [1.807, 2.05) is 12.1 Å². The lowest BCUT2D eigenvalue weighted by Gasteiger charge is -2.33. The Morgan fingerprint density at radius 3 is 2.72 bits per heavy atom. The van der Waals surface area contributed by atoms with E-state index in [2.05, 4.69) is 13.0 Å². The molecular formula is C26H40O6. The number of carbonyl (C=O) groups excluding carboxylic acids is 1. The summed E-state index contributed by atoms with van der Waals surface area (Å²) in [6, 6.07) is 6.10. The molecule has 0 bridgehead atoms. The number of carbonyl (C=O) groups is 1. The van der Waals surface area contributed by atoms with Crippen molar-refractivity contribution in [2.24, 2.45) is 17.8 Å². The van der Waals surface area contributed by atoms with Gasteiger partial charge in [-0.25, -0.2) is 0 Å². The first kappa shape index (κ1) is 25.0. The Hall–Kier alpha value is -1.63. The second-order valence-electron chi connectivity index (χ2n) is 9.50. The average molecular weight is 449 g/mol. The molecule has 0 aromatic heterocycles. The average Bonchev–Trinajstić information content (AvgIpc) is 3.09. The van der Waals surface area contributed by atoms with Gasteiger partial charge in [-0.2, -0.15) is 0 Å². The molecule has 0 heterocycles. The topological polar surface area (TPSA) is 85.2 Å². The Morgan fingerprint density at radius 2 is 2.00 bits per heavy atom. The Morgan fingerprint density at radius 1 is 1.19 bits per heavy atom. The molecule has 2 N–H and O–H groups in total. The van der Waals surface area contributed by atoms with Gasteiger partial charge < -0.3 is 24.4 Å². The molecule has 6 heteroatoms. The Bertz CT molecular complexity index is 735. The van der Waals surface area contributed by atoms with Crippen LogP contribution in [0.3, 0.4) is 0 Å². The van der Waals surface area contributed by atoms with Crippen LogP contribution >= 0.6 is 0 Å². The van der Waals surface area contributed by atoms with Crippen LogP contribution in [0.25, 0.3) is 0 Å². The van der Waals surface area contributed by atoms with Crippen LogP contribution in [0.2, 0.25) is 0 Å². The first-order valence-electron chi connectivity index (χ1n) is 12.2. The van der Waals surface area contributed by atoms with Gasteiger partial charge in [0.1, 0.15) is 18.5 Å². The standard InChI is InChI=1S/C26H40O6/c1-4-5-6-9-20(28)11-12-21-22-13-18-8-7-10-24(31-16-26(29)30-3)23(18)14-19(22)15-25(21)32-17(2)27/h7-8,10,19-22,25-26,28-29H,4-6,9,11-16H2,1-3H3/t19-,20+,21+,22-,25+,26?/m0/s1. The van der Waals surface area contributed by atoms with E-state index >= 15 is 0 Å². The molecule has 180 valence electrons. The molecule has 1 fully saturated rings. The minimum absolute atomic E-state index is 0.0839. The summed E-state index contributed by atoms with van der Waals surface area (Å²) < 4.78 is 16.5. The number of benzene rings is 1. The zero-order valence-corrected chi connectivity index (χ0v) is 19.8. The van der Waals surface area contributed by atoms with E-state index in [0.29, 0.717) is 11.8 Å². The second kappa shape index (κ2) is 12.0. The van der Waals surface area contributed by atoms with Crippen molar-refractivity contribution >= 4 is 5.97 Å². The maximum atomic E-state index is 11.8. The predicted octanol–water partition coefficient (Wildman–Crippen LogP) is 4.03. The molecule has 0 radical (unpaired) electrons. The van der Waals surface area contributed by atoms with Gasteiger partial charge in [0.25, 0.3) is 0 Å². The lowest BCUT2D eigenvalue weighted by molar-refractivity contribution is -0.148. The fourth-order valence-corrected chi connectivity index (χ4v) is 5.65. The molecule has 2 aliphatic rings. The lowest BCUT2D eigenvalue weighted by atomic mass is 9.73. The molecule has 1 saturated carbocycles. The smallest absolute Gasteiger partial charge is 0.302 e. The Labute approximate surface area is 192 Å². The highest BCUT2D eigenvalue weighted by Gasteiger charge is 2.47. The normalized spacial score (nSPS) is 26.2. The molecule has 1 unspecified atom stereocenters. The fourth-order valence-electron chi connectivity index (χ4n) is 5.65. The van der Waals surface area contributed by atoms with Crippen molar-refractivity contribution < 1.29 is 29.2 Å². The molecule has 0 saturated heterocycles. The van der Waals surface area contributed by atoms with Gasteiger partial charge in [0.15, 0.2) is 6.29 Å². The van der Waals surface area contributed by atoms with E-state index in [0.717, 1.165) is 63.5 Å². The van der Waals surface area contributed by atoms with Gasteiger partial charge in [-0.1, -0.05) is 38.3 Å². The zero-order valence-electron chi connectivity index (χ0n) is 19.8.